The van der Waals surface area contributed by atoms with Crippen LogP contribution in [0.1, 0.15) is 49.3 Å². The van der Waals surface area contributed by atoms with Crippen LogP contribution in [0.25, 0.3) is 0 Å². The van der Waals surface area contributed by atoms with Gasteiger partial charge in [0.15, 0.2) is 0 Å². The Morgan fingerprint density at radius 1 is 0.933 bits per heavy atom. The quantitative estimate of drug-likeness (QED) is 0.527. The van der Waals surface area contributed by atoms with Gasteiger partial charge in [0.2, 0.25) is 11.8 Å². The van der Waals surface area contributed by atoms with Gasteiger partial charge in [-0.15, -0.1) is 11.6 Å². The molecule has 1 aliphatic rings. The molecule has 0 bridgehead atoms. The molecular weight excluding hydrogens is 443 g/mol. The molecule has 1 atom stereocenters. The molecule has 30 heavy (non-hydrogen) atoms. The summed E-state index contributed by atoms with van der Waals surface area (Å²) >= 11 is 18.0. The Bertz CT molecular complexity index is 850. The van der Waals surface area contributed by atoms with E-state index in [1.54, 1.807) is 36.4 Å². The van der Waals surface area contributed by atoms with E-state index in [9.17, 15) is 9.59 Å². The third kappa shape index (κ3) is 6.13. The van der Waals surface area contributed by atoms with Gasteiger partial charge >= 0.3 is 0 Å². The number of amides is 2. The third-order valence-corrected chi connectivity index (χ3v) is 6.13. The van der Waals surface area contributed by atoms with E-state index in [4.69, 9.17) is 34.8 Å². The molecule has 3 rings (SSSR count). The maximum absolute atomic E-state index is 13.4. The highest BCUT2D eigenvalue weighted by atomic mass is 35.5. The van der Waals surface area contributed by atoms with Gasteiger partial charge in [0.05, 0.1) is 0 Å². The van der Waals surface area contributed by atoms with Crippen molar-refractivity contribution in [1.82, 2.24) is 10.2 Å². The highest BCUT2D eigenvalue weighted by Gasteiger charge is 2.32. The van der Waals surface area contributed by atoms with E-state index >= 15 is 0 Å². The predicted octanol–water partition coefficient (Wildman–Crippen LogP) is 5.75. The first-order valence-corrected chi connectivity index (χ1v) is 11.4. The average molecular weight is 468 g/mol. The van der Waals surface area contributed by atoms with Gasteiger partial charge in [-0.2, -0.15) is 0 Å². The van der Waals surface area contributed by atoms with Crippen molar-refractivity contribution in [2.24, 2.45) is 0 Å². The minimum Gasteiger partial charge on any atom is -0.351 e. The maximum atomic E-state index is 13.4. The summed E-state index contributed by atoms with van der Waals surface area (Å²) in [7, 11) is 0. The van der Waals surface area contributed by atoms with E-state index in [0.717, 1.165) is 31.2 Å². The zero-order valence-electron chi connectivity index (χ0n) is 16.6. The van der Waals surface area contributed by atoms with Crippen LogP contribution in [0.5, 0.6) is 0 Å². The second-order valence-corrected chi connectivity index (χ2v) is 8.72. The molecule has 7 heteroatoms. The first-order valence-electron chi connectivity index (χ1n) is 10.1. The van der Waals surface area contributed by atoms with Gasteiger partial charge < -0.3 is 10.2 Å². The van der Waals surface area contributed by atoms with E-state index < -0.39 is 6.04 Å². The summed E-state index contributed by atoms with van der Waals surface area (Å²) in [6, 6.07) is 13.6. The second kappa shape index (κ2) is 11.0. The minimum absolute atomic E-state index is 0.129. The minimum atomic E-state index is -0.800. The lowest BCUT2D eigenvalue weighted by Gasteiger charge is -2.33. The van der Waals surface area contributed by atoms with Crippen LogP contribution < -0.4 is 5.32 Å². The van der Waals surface area contributed by atoms with Crippen molar-refractivity contribution in [3.8, 4) is 0 Å². The standard InChI is InChI=1S/C23H25Cl3N2O2/c24-14-21(29)28(15-16-6-10-18(25)11-7-16)22(17-8-12-19(26)13-9-17)23(30)27-20-4-2-1-3-5-20/h6-13,20,22H,1-5,14-15H2,(H,27,30). The Hall–Kier alpha value is -1.75. The highest BCUT2D eigenvalue weighted by Crippen LogP contribution is 2.27. The lowest BCUT2D eigenvalue weighted by Crippen LogP contribution is -2.47. The molecule has 2 aromatic rings. The first-order chi connectivity index (χ1) is 14.5. The number of carbonyl (C=O) groups is 2. The zero-order chi connectivity index (χ0) is 21.5. The van der Waals surface area contributed by atoms with Crippen LogP contribution in [-0.2, 0) is 16.1 Å². The average Bonchev–Trinajstić information content (AvgIpc) is 2.76. The number of nitrogens with zero attached hydrogens (tertiary/aromatic N) is 1. The summed E-state index contributed by atoms with van der Waals surface area (Å²) in [4.78, 5) is 27.7. The molecular formula is C23H25Cl3N2O2. The Balaban J connectivity index is 1.92. The van der Waals surface area contributed by atoms with Crippen LogP contribution >= 0.6 is 34.8 Å². The Labute approximate surface area is 192 Å². The van der Waals surface area contributed by atoms with E-state index in [-0.39, 0.29) is 30.3 Å². The van der Waals surface area contributed by atoms with E-state index in [2.05, 4.69) is 5.32 Å². The molecule has 1 aliphatic carbocycles. The van der Waals surface area contributed by atoms with Crippen molar-refractivity contribution < 1.29 is 9.59 Å². The number of halogens is 3. The monoisotopic (exact) mass is 466 g/mol. The number of rotatable bonds is 7. The van der Waals surface area contributed by atoms with Crippen molar-refractivity contribution >= 4 is 46.6 Å². The molecule has 0 heterocycles. The summed E-state index contributed by atoms with van der Waals surface area (Å²) in [6.07, 6.45) is 5.32. The molecule has 0 aromatic heterocycles. The van der Waals surface area contributed by atoms with Gasteiger partial charge in [-0.05, 0) is 48.2 Å². The topological polar surface area (TPSA) is 49.4 Å². The molecule has 2 aromatic carbocycles. The molecule has 0 saturated heterocycles. The summed E-state index contributed by atoms with van der Waals surface area (Å²) in [5.74, 6) is -0.726. The third-order valence-electron chi connectivity index (χ3n) is 5.40. The zero-order valence-corrected chi connectivity index (χ0v) is 18.9. The van der Waals surface area contributed by atoms with Gasteiger partial charge in [-0.25, -0.2) is 0 Å². The Morgan fingerprint density at radius 3 is 2.07 bits per heavy atom. The maximum Gasteiger partial charge on any atom is 0.247 e. The molecule has 1 N–H and O–H groups in total. The van der Waals surface area contributed by atoms with Gasteiger partial charge in [0.25, 0.3) is 0 Å². The number of hydrogen-bond donors (Lipinski definition) is 1. The van der Waals surface area contributed by atoms with E-state index in [0.29, 0.717) is 15.6 Å². The van der Waals surface area contributed by atoms with Crippen LogP contribution in [0.15, 0.2) is 48.5 Å². The fourth-order valence-electron chi connectivity index (χ4n) is 3.83. The predicted molar refractivity (Wildman–Crippen MR) is 122 cm³/mol. The summed E-state index contributed by atoms with van der Waals surface area (Å²) in [5.41, 5.74) is 1.56. The van der Waals surface area contributed by atoms with Gasteiger partial charge in [0, 0.05) is 22.6 Å². The normalized spacial score (nSPS) is 15.4. The Kier molecular flexibility index (Phi) is 8.43. The largest absolute Gasteiger partial charge is 0.351 e. The van der Waals surface area contributed by atoms with Crippen molar-refractivity contribution in [2.75, 3.05) is 5.88 Å². The molecule has 0 aliphatic heterocycles. The van der Waals surface area contributed by atoms with E-state index in [1.807, 2.05) is 12.1 Å². The van der Waals surface area contributed by atoms with Crippen LogP contribution in [0.4, 0.5) is 0 Å². The van der Waals surface area contributed by atoms with Crippen molar-refractivity contribution in [3.05, 3.63) is 69.7 Å². The smallest absolute Gasteiger partial charge is 0.247 e. The molecule has 1 saturated carbocycles. The highest BCUT2D eigenvalue weighted by molar-refractivity contribution is 6.30. The van der Waals surface area contributed by atoms with Gasteiger partial charge in [-0.3, -0.25) is 9.59 Å². The summed E-state index contributed by atoms with van der Waals surface area (Å²) in [5, 5.41) is 4.33. The fourth-order valence-corrected chi connectivity index (χ4v) is 4.24. The Morgan fingerprint density at radius 2 is 1.50 bits per heavy atom. The van der Waals surface area contributed by atoms with Crippen LogP contribution in [0, 0.1) is 0 Å². The second-order valence-electron chi connectivity index (χ2n) is 7.58. The van der Waals surface area contributed by atoms with Gasteiger partial charge in [0.1, 0.15) is 11.9 Å². The number of carbonyl (C=O) groups excluding carboxylic acids is 2. The number of nitrogens with one attached hydrogen (secondary N) is 1. The lowest BCUT2D eigenvalue weighted by atomic mass is 9.94. The summed E-state index contributed by atoms with van der Waals surface area (Å²) in [6.45, 7) is 0.244. The summed E-state index contributed by atoms with van der Waals surface area (Å²) < 4.78 is 0. The van der Waals surface area contributed by atoms with Gasteiger partial charge in [-0.1, -0.05) is 66.7 Å². The van der Waals surface area contributed by atoms with Crippen LogP contribution in [-0.4, -0.2) is 28.6 Å². The van der Waals surface area contributed by atoms with Crippen molar-refractivity contribution in [2.45, 2.75) is 50.7 Å². The number of alkyl halides is 1. The number of hydrogen-bond acceptors (Lipinski definition) is 2. The molecule has 160 valence electrons. The molecule has 0 spiro atoms. The molecule has 4 nitrogen and oxygen atoms in total. The van der Waals surface area contributed by atoms with Crippen molar-refractivity contribution in [3.63, 3.8) is 0 Å². The molecule has 1 unspecified atom stereocenters. The molecule has 0 radical (unpaired) electrons. The van der Waals surface area contributed by atoms with Crippen LogP contribution in [0.3, 0.4) is 0 Å². The molecule has 1 fully saturated rings. The molecule has 2 amide bonds. The SMILES string of the molecule is O=C(NC1CCCCC1)C(c1ccc(Cl)cc1)N(Cc1ccc(Cl)cc1)C(=O)CCl. The van der Waals surface area contributed by atoms with Crippen LogP contribution in [0.2, 0.25) is 10.0 Å². The number of benzene rings is 2. The lowest BCUT2D eigenvalue weighted by molar-refractivity contribution is -0.140. The first kappa shape index (κ1) is 22.9. The van der Waals surface area contributed by atoms with Crippen molar-refractivity contribution in [1.29, 1.82) is 0 Å². The van der Waals surface area contributed by atoms with E-state index in [1.165, 1.54) is 11.3 Å². The fraction of sp³-hybridized carbons (Fsp3) is 0.391.